The maximum absolute atomic E-state index is 11.5. The highest BCUT2D eigenvalue weighted by Gasteiger charge is 2.31. The fraction of sp³-hybridized carbons (Fsp3) is 0.923. The predicted octanol–water partition coefficient (Wildman–Crippen LogP) is 2.20. The Morgan fingerprint density at radius 2 is 1.69 bits per heavy atom. The van der Waals surface area contributed by atoms with E-state index in [9.17, 15) is 4.79 Å². The lowest BCUT2D eigenvalue weighted by Gasteiger charge is -2.32. The molecular formula is C13H26N2O. The smallest absolute Gasteiger partial charge is 0.235 e. The molecule has 1 rings (SSSR count). The van der Waals surface area contributed by atoms with E-state index in [0.717, 1.165) is 0 Å². The fourth-order valence-corrected chi connectivity index (χ4v) is 2.44. The molecule has 0 radical (unpaired) electrons. The summed E-state index contributed by atoms with van der Waals surface area (Å²) in [6.45, 7) is 6.18. The molecule has 3 N–H and O–H groups in total. The van der Waals surface area contributed by atoms with Gasteiger partial charge in [-0.3, -0.25) is 4.79 Å². The molecule has 1 atom stereocenters. The molecule has 16 heavy (non-hydrogen) atoms. The first-order valence-electron chi connectivity index (χ1n) is 6.46. The van der Waals surface area contributed by atoms with Crippen molar-refractivity contribution in [3.05, 3.63) is 0 Å². The van der Waals surface area contributed by atoms with Gasteiger partial charge in [0.1, 0.15) is 0 Å². The molecule has 3 heteroatoms. The van der Waals surface area contributed by atoms with Crippen LogP contribution in [0, 0.1) is 5.41 Å². The van der Waals surface area contributed by atoms with Gasteiger partial charge in [0.15, 0.2) is 0 Å². The first-order chi connectivity index (χ1) is 7.41. The standard InChI is InChI=1S/C13H26N2O/c1-13(2,3)11(12(14)16)15-10-8-6-4-5-7-9-10/h10-11,15H,4-9H2,1-3H3,(H2,14,16). The predicted molar refractivity (Wildman–Crippen MR) is 67.1 cm³/mol. The van der Waals surface area contributed by atoms with Crippen molar-refractivity contribution in [1.29, 1.82) is 0 Å². The Bertz CT molecular complexity index is 225. The molecule has 1 saturated carbocycles. The van der Waals surface area contributed by atoms with Crippen molar-refractivity contribution in [1.82, 2.24) is 5.32 Å². The van der Waals surface area contributed by atoms with Gasteiger partial charge in [0.05, 0.1) is 6.04 Å². The van der Waals surface area contributed by atoms with Crippen LogP contribution in [0.25, 0.3) is 0 Å². The number of hydrogen-bond donors (Lipinski definition) is 2. The number of nitrogens with two attached hydrogens (primary N) is 1. The molecule has 3 nitrogen and oxygen atoms in total. The van der Waals surface area contributed by atoms with E-state index in [1.54, 1.807) is 0 Å². The quantitative estimate of drug-likeness (QED) is 0.725. The second-order valence-electron chi connectivity index (χ2n) is 6.06. The van der Waals surface area contributed by atoms with Crippen LogP contribution in [0.4, 0.5) is 0 Å². The monoisotopic (exact) mass is 226 g/mol. The van der Waals surface area contributed by atoms with Crippen molar-refractivity contribution < 1.29 is 4.79 Å². The lowest BCUT2D eigenvalue weighted by molar-refractivity contribution is -0.122. The molecule has 0 aromatic carbocycles. The van der Waals surface area contributed by atoms with Crippen molar-refractivity contribution in [3.63, 3.8) is 0 Å². The molecule has 0 aromatic heterocycles. The van der Waals surface area contributed by atoms with Crippen molar-refractivity contribution in [2.24, 2.45) is 11.1 Å². The number of carbonyl (C=O) groups is 1. The molecule has 0 bridgehead atoms. The minimum Gasteiger partial charge on any atom is -0.368 e. The highest BCUT2D eigenvalue weighted by molar-refractivity contribution is 5.80. The third-order valence-electron chi connectivity index (χ3n) is 3.41. The molecule has 0 saturated heterocycles. The first-order valence-corrected chi connectivity index (χ1v) is 6.46. The van der Waals surface area contributed by atoms with Gasteiger partial charge in [0.2, 0.25) is 5.91 Å². The molecule has 0 heterocycles. The minimum absolute atomic E-state index is 0.0991. The molecule has 1 aliphatic carbocycles. The van der Waals surface area contributed by atoms with Crippen molar-refractivity contribution in [3.8, 4) is 0 Å². The number of primary amides is 1. The van der Waals surface area contributed by atoms with Crippen molar-refractivity contribution in [2.75, 3.05) is 0 Å². The molecule has 0 aromatic rings. The van der Waals surface area contributed by atoms with Gasteiger partial charge in [-0.1, -0.05) is 46.5 Å². The topological polar surface area (TPSA) is 55.1 Å². The number of hydrogen-bond acceptors (Lipinski definition) is 2. The van der Waals surface area contributed by atoms with Crippen LogP contribution in [0.2, 0.25) is 0 Å². The molecule has 1 amide bonds. The summed E-state index contributed by atoms with van der Waals surface area (Å²) < 4.78 is 0. The summed E-state index contributed by atoms with van der Waals surface area (Å²) in [5, 5.41) is 3.46. The van der Waals surface area contributed by atoms with Crippen LogP contribution < -0.4 is 11.1 Å². The van der Waals surface area contributed by atoms with E-state index < -0.39 is 0 Å². The van der Waals surface area contributed by atoms with E-state index in [1.165, 1.54) is 38.5 Å². The molecule has 1 aliphatic rings. The maximum atomic E-state index is 11.5. The SMILES string of the molecule is CC(C)(C)C(NC1CCCCCC1)C(N)=O. The summed E-state index contributed by atoms with van der Waals surface area (Å²) in [4.78, 5) is 11.5. The lowest BCUT2D eigenvalue weighted by Crippen LogP contribution is -2.53. The zero-order chi connectivity index (χ0) is 12.2. The average Bonchev–Trinajstić information content (AvgIpc) is 2.39. The third-order valence-corrected chi connectivity index (χ3v) is 3.41. The summed E-state index contributed by atoms with van der Waals surface area (Å²) in [7, 11) is 0. The van der Waals surface area contributed by atoms with Gasteiger partial charge in [0, 0.05) is 6.04 Å². The van der Waals surface area contributed by atoms with E-state index in [1.807, 2.05) is 0 Å². The van der Waals surface area contributed by atoms with Crippen LogP contribution in [0.3, 0.4) is 0 Å². The van der Waals surface area contributed by atoms with E-state index in [4.69, 9.17) is 5.73 Å². The largest absolute Gasteiger partial charge is 0.368 e. The molecule has 1 unspecified atom stereocenters. The van der Waals surface area contributed by atoms with Gasteiger partial charge < -0.3 is 11.1 Å². The Hall–Kier alpha value is -0.570. The van der Waals surface area contributed by atoms with E-state index >= 15 is 0 Å². The van der Waals surface area contributed by atoms with Gasteiger partial charge >= 0.3 is 0 Å². The summed E-state index contributed by atoms with van der Waals surface area (Å²) in [6, 6.07) is 0.259. The Morgan fingerprint density at radius 3 is 2.06 bits per heavy atom. The van der Waals surface area contributed by atoms with Gasteiger partial charge in [0.25, 0.3) is 0 Å². The Kier molecular flexibility index (Phi) is 4.78. The maximum Gasteiger partial charge on any atom is 0.235 e. The summed E-state index contributed by atoms with van der Waals surface area (Å²) >= 11 is 0. The summed E-state index contributed by atoms with van der Waals surface area (Å²) in [5.41, 5.74) is 5.38. The van der Waals surface area contributed by atoms with Crippen LogP contribution in [0.5, 0.6) is 0 Å². The van der Waals surface area contributed by atoms with Gasteiger partial charge in [-0.15, -0.1) is 0 Å². The molecule has 94 valence electrons. The van der Waals surface area contributed by atoms with Crippen molar-refractivity contribution in [2.45, 2.75) is 71.4 Å². The van der Waals surface area contributed by atoms with Crippen LogP contribution >= 0.6 is 0 Å². The zero-order valence-electron chi connectivity index (χ0n) is 10.9. The first kappa shape index (κ1) is 13.5. The van der Waals surface area contributed by atoms with E-state index in [2.05, 4.69) is 26.1 Å². The second kappa shape index (κ2) is 5.67. The molecule has 0 spiro atoms. The third kappa shape index (κ3) is 4.12. The number of amides is 1. The Balaban J connectivity index is 2.56. The summed E-state index contributed by atoms with van der Waals surface area (Å²) in [5.74, 6) is -0.225. The normalized spacial score (nSPS) is 21.4. The van der Waals surface area contributed by atoms with Crippen LogP contribution in [0.1, 0.15) is 59.3 Å². The van der Waals surface area contributed by atoms with Crippen molar-refractivity contribution >= 4 is 5.91 Å². The average molecular weight is 226 g/mol. The molecular weight excluding hydrogens is 200 g/mol. The Morgan fingerprint density at radius 1 is 1.19 bits per heavy atom. The van der Waals surface area contributed by atoms with Gasteiger partial charge in [-0.2, -0.15) is 0 Å². The number of carbonyl (C=O) groups excluding carboxylic acids is 1. The van der Waals surface area contributed by atoms with Crippen LogP contribution in [-0.2, 0) is 4.79 Å². The van der Waals surface area contributed by atoms with E-state index in [0.29, 0.717) is 6.04 Å². The number of nitrogens with one attached hydrogen (secondary N) is 1. The van der Waals surface area contributed by atoms with E-state index in [-0.39, 0.29) is 17.4 Å². The molecule has 0 aliphatic heterocycles. The van der Waals surface area contributed by atoms with Crippen LogP contribution in [0.15, 0.2) is 0 Å². The fourth-order valence-electron chi connectivity index (χ4n) is 2.44. The number of rotatable bonds is 3. The van der Waals surface area contributed by atoms with Gasteiger partial charge in [-0.25, -0.2) is 0 Å². The Labute approximate surface area is 99.2 Å². The zero-order valence-corrected chi connectivity index (χ0v) is 10.9. The van der Waals surface area contributed by atoms with Crippen LogP contribution in [-0.4, -0.2) is 18.0 Å². The lowest BCUT2D eigenvalue weighted by atomic mass is 9.85. The highest BCUT2D eigenvalue weighted by atomic mass is 16.1. The highest BCUT2D eigenvalue weighted by Crippen LogP contribution is 2.23. The van der Waals surface area contributed by atoms with Gasteiger partial charge in [-0.05, 0) is 18.3 Å². The second-order valence-corrected chi connectivity index (χ2v) is 6.06. The summed E-state index contributed by atoms with van der Waals surface area (Å²) in [6.07, 6.45) is 7.56. The minimum atomic E-state index is -0.225. The molecule has 1 fully saturated rings.